The molecule has 0 aromatic heterocycles. The minimum Gasteiger partial charge on any atom is -0.468 e. The molecule has 2 atom stereocenters. The van der Waals surface area contributed by atoms with Gasteiger partial charge in [0.15, 0.2) is 0 Å². The van der Waals surface area contributed by atoms with Crippen LogP contribution in [0.25, 0.3) is 0 Å². The van der Waals surface area contributed by atoms with E-state index >= 15 is 0 Å². The molecule has 1 aromatic rings. The normalized spacial score (nSPS) is 13.5. The largest absolute Gasteiger partial charge is 0.468 e. The van der Waals surface area contributed by atoms with Gasteiger partial charge in [-0.05, 0) is 44.5 Å². The fourth-order valence-corrected chi connectivity index (χ4v) is 2.61. The van der Waals surface area contributed by atoms with Crippen LogP contribution in [0.1, 0.15) is 64.5 Å². The van der Waals surface area contributed by atoms with Gasteiger partial charge in [-0.15, -0.1) is 0 Å². The molecule has 0 spiro atoms. The molecule has 0 amide bonds. The van der Waals surface area contributed by atoms with Crippen molar-refractivity contribution >= 4 is 17.4 Å². The highest BCUT2D eigenvalue weighted by Gasteiger charge is 2.17. The van der Waals surface area contributed by atoms with Crippen LogP contribution in [0.2, 0.25) is 0 Å². The van der Waals surface area contributed by atoms with Gasteiger partial charge in [0, 0.05) is 7.05 Å². The molecule has 0 bridgehead atoms. The van der Waals surface area contributed by atoms with E-state index in [1.54, 1.807) is 0 Å². The molecule has 0 aliphatic rings. The zero-order valence-electron chi connectivity index (χ0n) is 13.8. The van der Waals surface area contributed by atoms with E-state index in [0.717, 1.165) is 6.42 Å². The number of thiocarbonyl (C=S) groups is 1. The van der Waals surface area contributed by atoms with E-state index in [1.165, 1.54) is 31.2 Å². The quantitative estimate of drug-likeness (QED) is 0.475. The minimum absolute atomic E-state index is 0.194. The number of hydrogen-bond acceptors (Lipinski definition) is 2. The van der Waals surface area contributed by atoms with Crippen molar-refractivity contribution in [3.05, 3.63) is 35.9 Å². The average molecular weight is 308 g/mol. The fourth-order valence-electron chi connectivity index (χ4n) is 2.29. The van der Waals surface area contributed by atoms with Gasteiger partial charge in [0.1, 0.15) is 0 Å². The molecule has 118 valence electrons. The van der Waals surface area contributed by atoms with Gasteiger partial charge in [-0.2, -0.15) is 0 Å². The van der Waals surface area contributed by atoms with Gasteiger partial charge in [-0.3, -0.25) is 0 Å². The molecule has 0 saturated carbocycles. The molecule has 0 aliphatic carbocycles. The van der Waals surface area contributed by atoms with E-state index in [2.05, 4.69) is 45.0 Å². The van der Waals surface area contributed by atoms with Crippen LogP contribution in [0.3, 0.4) is 0 Å². The zero-order chi connectivity index (χ0) is 15.7. The second-order valence-corrected chi connectivity index (χ2v) is 6.09. The highest BCUT2D eigenvalue weighted by Crippen LogP contribution is 2.20. The zero-order valence-corrected chi connectivity index (χ0v) is 14.7. The number of unbranched alkanes of at least 4 members (excludes halogenated alkanes) is 3. The molecule has 2 unspecified atom stereocenters. The molecule has 3 heteroatoms. The summed E-state index contributed by atoms with van der Waals surface area (Å²) >= 11 is 5.43. The Morgan fingerprint density at radius 2 is 1.81 bits per heavy atom. The Bertz CT molecular complexity index is 407. The predicted molar refractivity (Wildman–Crippen MR) is 94.5 cm³/mol. The van der Waals surface area contributed by atoms with Gasteiger partial charge in [-0.1, -0.05) is 56.5 Å². The smallest absolute Gasteiger partial charge is 0.259 e. The van der Waals surface area contributed by atoms with Gasteiger partial charge < -0.3 is 9.64 Å². The first kappa shape index (κ1) is 18.0. The van der Waals surface area contributed by atoms with E-state index in [0.29, 0.717) is 5.17 Å². The van der Waals surface area contributed by atoms with Crippen LogP contribution in [0.15, 0.2) is 30.3 Å². The molecule has 0 heterocycles. The Hall–Kier alpha value is -1.09. The molecular formula is C18H29NOS. The van der Waals surface area contributed by atoms with Gasteiger partial charge in [0.2, 0.25) is 0 Å². The van der Waals surface area contributed by atoms with Gasteiger partial charge in [0.25, 0.3) is 5.17 Å². The highest BCUT2D eigenvalue weighted by molar-refractivity contribution is 7.80. The van der Waals surface area contributed by atoms with Gasteiger partial charge >= 0.3 is 0 Å². The molecule has 0 fully saturated rings. The summed E-state index contributed by atoms with van der Waals surface area (Å²) in [4.78, 5) is 2.03. The van der Waals surface area contributed by atoms with Crippen LogP contribution in [0.4, 0.5) is 0 Å². The van der Waals surface area contributed by atoms with Gasteiger partial charge in [0.05, 0.1) is 12.1 Å². The Balaban J connectivity index is 2.40. The average Bonchev–Trinajstić information content (AvgIpc) is 2.51. The lowest BCUT2D eigenvalue weighted by atomic mass is 10.1. The third-order valence-electron chi connectivity index (χ3n) is 3.92. The molecule has 2 nitrogen and oxygen atoms in total. The summed E-state index contributed by atoms with van der Waals surface area (Å²) < 4.78 is 5.89. The summed E-state index contributed by atoms with van der Waals surface area (Å²) in [6.45, 7) is 6.49. The van der Waals surface area contributed by atoms with E-state index < -0.39 is 0 Å². The molecular weight excluding hydrogens is 278 g/mol. The van der Waals surface area contributed by atoms with Crippen LogP contribution in [0.5, 0.6) is 0 Å². The number of hydrogen-bond donors (Lipinski definition) is 0. The van der Waals surface area contributed by atoms with E-state index in [4.69, 9.17) is 17.0 Å². The van der Waals surface area contributed by atoms with Crippen LogP contribution in [0, 0.1) is 0 Å². The highest BCUT2D eigenvalue weighted by atomic mass is 32.1. The number of ether oxygens (including phenoxy) is 1. The Kier molecular flexibility index (Phi) is 8.36. The Morgan fingerprint density at radius 1 is 1.14 bits per heavy atom. The molecule has 0 saturated heterocycles. The van der Waals surface area contributed by atoms with Crippen molar-refractivity contribution in [1.29, 1.82) is 0 Å². The monoisotopic (exact) mass is 307 g/mol. The fraction of sp³-hybridized carbons (Fsp3) is 0.611. The van der Waals surface area contributed by atoms with Crippen molar-refractivity contribution in [3.8, 4) is 0 Å². The van der Waals surface area contributed by atoms with E-state index in [-0.39, 0.29) is 12.1 Å². The van der Waals surface area contributed by atoms with E-state index in [9.17, 15) is 0 Å². The molecule has 1 rings (SSSR count). The second-order valence-electron chi connectivity index (χ2n) is 5.74. The summed E-state index contributed by atoms with van der Waals surface area (Å²) in [5.41, 5.74) is 1.25. The lowest BCUT2D eigenvalue weighted by molar-refractivity contribution is 0.157. The van der Waals surface area contributed by atoms with Crippen molar-refractivity contribution in [1.82, 2.24) is 4.90 Å². The topological polar surface area (TPSA) is 12.5 Å². The summed E-state index contributed by atoms with van der Waals surface area (Å²) in [5, 5.41) is 0.592. The Labute approximate surface area is 135 Å². The maximum atomic E-state index is 5.89. The minimum atomic E-state index is 0.194. The van der Waals surface area contributed by atoms with Crippen LogP contribution in [-0.2, 0) is 4.74 Å². The first-order valence-corrected chi connectivity index (χ1v) is 8.45. The lowest BCUT2D eigenvalue weighted by Crippen LogP contribution is -2.32. The van der Waals surface area contributed by atoms with Crippen LogP contribution >= 0.6 is 12.2 Å². The third-order valence-corrected chi connectivity index (χ3v) is 4.30. The first-order valence-electron chi connectivity index (χ1n) is 8.04. The van der Waals surface area contributed by atoms with Gasteiger partial charge in [-0.25, -0.2) is 0 Å². The maximum absolute atomic E-state index is 5.89. The maximum Gasteiger partial charge on any atom is 0.259 e. The van der Waals surface area contributed by atoms with Crippen molar-refractivity contribution < 1.29 is 4.74 Å². The second kappa shape index (κ2) is 9.78. The standard InChI is InChI=1S/C18H29NOS/c1-5-6-7-9-12-15(2)20-18(21)19(4)16(3)17-13-10-8-11-14-17/h8,10-11,13-16H,5-7,9,12H2,1-4H3. The molecule has 0 aliphatic heterocycles. The SMILES string of the molecule is CCCCCCC(C)OC(=S)N(C)C(C)c1ccccc1. The first-order chi connectivity index (χ1) is 10.1. The van der Waals surface area contributed by atoms with E-state index in [1.807, 2.05) is 18.0 Å². The number of nitrogens with zero attached hydrogens (tertiary/aromatic N) is 1. The third kappa shape index (κ3) is 6.47. The summed E-state index contributed by atoms with van der Waals surface area (Å²) in [6, 6.07) is 10.6. The molecule has 0 N–H and O–H groups in total. The predicted octanol–water partition coefficient (Wildman–Crippen LogP) is 5.34. The van der Waals surface area contributed by atoms with Crippen molar-refractivity contribution in [2.75, 3.05) is 7.05 Å². The van der Waals surface area contributed by atoms with Crippen molar-refractivity contribution in [3.63, 3.8) is 0 Å². The Morgan fingerprint density at radius 3 is 2.43 bits per heavy atom. The molecule has 21 heavy (non-hydrogen) atoms. The number of rotatable bonds is 8. The van der Waals surface area contributed by atoms with Crippen LogP contribution in [-0.4, -0.2) is 23.2 Å². The summed E-state index contributed by atoms with van der Waals surface area (Å²) in [6.07, 6.45) is 6.35. The molecule has 0 radical (unpaired) electrons. The summed E-state index contributed by atoms with van der Waals surface area (Å²) in [5.74, 6) is 0. The number of benzene rings is 1. The molecule has 1 aromatic carbocycles. The lowest BCUT2D eigenvalue weighted by Gasteiger charge is -2.29. The summed E-state index contributed by atoms with van der Waals surface area (Å²) in [7, 11) is 2.00. The van der Waals surface area contributed by atoms with Crippen LogP contribution < -0.4 is 0 Å². The van der Waals surface area contributed by atoms with Crippen molar-refractivity contribution in [2.24, 2.45) is 0 Å². The van der Waals surface area contributed by atoms with Crippen molar-refractivity contribution in [2.45, 2.75) is 65.0 Å².